The van der Waals surface area contributed by atoms with Gasteiger partial charge in [-0.1, -0.05) is 19.4 Å². The van der Waals surface area contributed by atoms with E-state index in [1.807, 2.05) is 13.8 Å². The highest BCUT2D eigenvalue weighted by molar-refractivity contribution is 5.96. The molecule has 0 fully saturated rings. The molecule has 0 aromatic carbocycles. The summed E-state index contributed by atoms with van der Waals surface area (Å²) in [6.45, 7) is 4.05. The summed E-state index contributed by atoms with van der Waals surface area (Å²) >= 11 is 0. The molecule has 0 heterocycles. The van der Waals surface area contributed by atoms with Crippen molar-refractivity contribution < 1.29 is 9.90 Å². The fraction of sp³-hybridized carbons (Fsp3) is 0.625. The van der Waals surface area contributed by atoms with E-state index >= 15 is 0 Å². The molecule has 0 radical (unpaired) electrons. The van der Waals surface area contributed by atoms with E-state index in [2.05, 4.69) is 0 Å². The molecule has 0 bridgehead atoms. The predicted molar refractivity (Wildman–Crippen MR) is 38.6 cm³/mol. The minimum absolute atomic E-state index is 0.135. The van der Waals surface area contributed by atoms with Crippen molar-refractivity contribution >= 4 is 5.78 Å². The third kappa shape index (κ3) is 1.27. The summed E-state index contributed by atoms with van der Waals surface area (Å²) in [6.07, 6.45) is 1.35. The maximum atomic E-state index is 10.8. The van der Waals surface area contributed by atoms with Gasteiger partial charge in [0.15, 0.2) is 5.78 Å². The van der Waals surface area contributed by atoms with E-state index < -0.39 is 6.10 Å². The van der Waals surface area contributed by atoms with Crippen molar-refractivity contribution in [2.24, 2.45) is 5.92 Å². The van der Waals surface area contributed by atoms with Crippen LogP contribution in [-0.2, 0) is 4.79 Å². The van der Waals surface area contributed by atoms with Crippen molar-refractivity contribution in [1.29, 1.82) is 0 Å². The molecule has 2 heteroatoms. The number of rotatable bonds is 1. The van der Waals surface area contributed by atoms with E-state index in [1.54, 1.807) is 6.08 Å². The number of aliphatic hydroxyl groups is 1. The lowest BCUT2D eigenvalue weighted by molar-refractivity contribution is -0.121. The van der Waals surface area contributed by atoms with Crippen molar-refractivity contribution in [1.82, 2.24) is 0 Å². The lowest BCUT2D eigenvalue weighted by atomic mass is 10.0. The normalized spacial score (nSPS) is 25.8. The molecule has 56 valence electrons. The van der Waals surface area contributed by atoms with Crippen LogP contribution in [0.1, 0.15) is 20.3 Å². The maximum absolute atomic E-state index is 10.8. The van der Waals surface area contributed by atoms with Crippen molar-refractivity contribution in [2.45, 2.75) is 26.4 Å². The first-order chi connectivity index (χ1) is 4.61. The first-order valence-corrected chi connectivity index (χ1v) is 3.53. The predicted octanol–water partition coefficient (Wildman–Crippen LogP) is 0.903. The zero-order valence-corrected chi connectivity index (χ0v) is 6.29. The van der Waals surface area contributed by atoms with Gasteiger partial charge in [-0.25, -0.2) is 0 Å². The highest BCUT2D eigenvalue weighted by Gasteiger charge is 2.23. The van der Waals surface area contributed by atoms with Crippen LogP contribution in [0.5, 0.6) is 0 Å². The average molecular weight is 140 g/mol. The zero-order chi connectivity index (χ0) is 7.72. The van der Waals surface area contributed by atoms with Crippen LogP contribution in [-0.4, -0.2) is 17.0 Å². The van der Waals surface area contributed by atoms with Gasteiger partial charge in [-0.05, 0) is 12.0 Å². The molecule has 0 unspecified atom stereocenters. The van der Waals surface area contributed by atoms with Gasteiger partial charge >= 0.3 is 0 Å². The molecule has 0 amide bonds. The van der Waals surface area contributed by atoms with E-state index in [0.717, 1.165) is 5.57 Å². The topological polar surface area (TPSA) is 37.3 Å². The van der Waals surface area contributed by atoms with Gasteiger partial charge in [-0.3, -0.25) is 4.79 Å². The van der Waals surface area contributed by atoms with Crippen LogP contribution in [0.3, 0.4) is 0 Å². The number of ketones is 1. The molecule has 1 rings (SSSR count). The maximum Gasteiger partial charge on any atom is 0.184 e. The number of aliphatic hydroxyl groups excluding tert-OH is 1. The van der Waals surface area contributed by atoms with Gasteiger partial charge in [0.05, 0.1) is 0 Å². The van der Waals surface area contributed by atoms with Gasteiger partial charge in [0.1, 0.15) is 6.10 Å². The molecule has 0 aromatic rings. The van der Waals surface area contributed by atoms with E-state index in [4.69, 9.17) is 5.11 Å². The fourth-order valence-corrected chi connectivity index (χ4v) is 1.06. The van der Waals surface area contributed by atoms with E-state index in [9.17, 15) is 4.79 Å². The Bertz CT molecular complexity index is 180. The quantitative estimate of drug-likeness (QED) is 0.587. The molecule has 0 saturated heterocycles. The van der Waals surface area contributed by atoms with E-state index in [1.165, 1.54) is 0 Å². The first-order valence-electron chi connectivity index (χ1n) is 3.53. The molecule has 1 N–H and O–H groups in total. The Balaban J connectivity index is 2.67. The Labute approximate surface area is 60.6 Å². The zero-order valence-electron chi connectivity index (χ0n) is 6.29. The Morgan fingerprint density at radius 1 is 1.70 bits per heavy atom. The molecule has 10 heavy (non-hydrogen) atoms. The van der Waals surface area contributed by atoms with Gasteiger partial charge in [-0.15, -0.1) is 0 Å². The monoisotopic (exact) mass is 140 g/mol. The molecule has 2 nitrogen and oxygen atoms in total. The van der Waals surface area contributed by atoms with Gasteiger partial charge in [-0.2, -0.15) is 0 Å². The molecule has 1 aliphatic rings. The van der Waals surface area contributed by atoms with Crippen LogP contribution in [0.4, 0.5) is 0 Å². The Morgan fingerprint density at radius 3 is 2.50 bits per heavy atom. The summed E-state index contributed by atoms with van der Waals surface area (Å²) < 4.78 is 0. The third-order valence-electron chi connectivity index (χ3n) is 1.83. The van der Waals surface area contributed by atoms with Gasteiger partial charge in [0.25, 0.3) is 0 Å². The molecule has 0 saturated carbocycles. The third-order valence-corrected chi connectivity index (χ3v) is 1.83. The van der Waals surface area contributed by atoms with E-state index in [0.29, 0.717) is 12.3 Å². The van der Waals surface area contributed by atoms with Crippen LogP contribution in [0.25, 0.3) is 0 Å². The highest BCUT2D eigenvalue weighted by Crippen LogP contribution is 2.22. The van der Waals surface area contributed by atoms with E-state index in [-0.39, 0.29) is 5.78 Å². The molecule has 1 atom stereocenters. The molecular formula is C8H12O2. The largest absolute Gasteiger partial charge is 0.385 e. The summed E-state index contributed by atoms with van der Waals surface area (Å²) in [7, 11) is 0. The Kier molecular flexibility index (Phi) is 1.90. The fourth-order valence-electron chi connectivity index (χ4n) is 1.06. The van der Waals surface area contributed by atoms with Crippen molar-refractivity contribution in [3.63, 3.8) is 0 Å². The van der Waals surface area contributed by atoms with Crippen LogP contribution in [0, 0.1) is 5.92 Å². The van der Waals surface area contributed by atoms with Crippen LogP contribution in [0.2, 0.25) is 0 Å². The van der Waals surface area contributed by atoms with Crippen molar-refractivity contribution in [3.8, 4) is 0 Å². The number of hydrogen-bond acceptors (Lipinski definition) is 2. The minimum Gasteiger partial charge on any atom is -0.385 e. The standard InChI is InChI=1S/C8H12O2/c1-5(2)6-3-7(9)8(10)4-6/h3,5,8,10H,4H2,1-2H3/t8-/m0/s1. The van der Waals surface area contributed by atoms with Crippen LogP contribution >= 0.6 is 0 Å². The molecule has 0 aromatic heterocycles. The molecule has 0 aliphatic heterocycles. The first kappa shape index (κ1) is 7.48. The van der Waals surface area contributed by atoms with Crippen LogP contribution in [0.15, 0.2) is 11.6 Å². The van der Waals surface area contributed by atoms with Gasteiger partial charge < -0.3 is 5.11 Å². The minimum atomic E-state index is -0.752. The summed E-state index contributed by atoms with van der Waals surface area (Å²) in [5, 5.41) is 9.02. The summed E-state index contributed by atoms with van der Waals surface area (Å²) in [4.78, 5) is 10.8. The second-order valence-electron chi connectivity index (χ2n) is 3.00. The summed E-state index contributed by atoms with van der Waals surface area (Å²) in [6, 6.07) is 0. The smallest absolute Gasteiger partial charge is 0.184 e. The van der Waals surface area contributed by atoms with Gasteiger partial charge in [0.2, 0.25) is 0 Å². The Hall–Kier alpha value is -0.630. The van der Waals surface area contributed by atoms with Gasteiger partial charge in [0, 0.05) is 6.42 Å². The lowest BCUT2D eigenvalue weighted by Gasteiger charge is -2.04. The molecular weight excluding hydrogens is 128 g/mol. The van der Waals surface area contributed by atoms with Crippen LogP contribution < -0.4 is 0 Å². The number of carbonyl (C=O) groups is 1. The molecule has 0 spiro atoms. The lowest BCUT2D eigenvalue weighted by Crippen LogP contribution is -2.11. The second kappa shape index (κ2) is 2.54. The SMILES string of the molecule is CC(C)C1=CC(=O)[C@@H](O)C1. The average Bonchev–Trinajstić information content (AvgIpc) is 2.13. The number of carbonyl (C=O) groups excluding carboxylic acids is 1. The second-order valence-corrected chi connectivity index (χ2v) is 3.00. The Morgan fingerprint density at radius 2 is 2.30 bits per heavy atom. The highest BCUT2D eigenvalue weighted by atomic mass is 16.3. The summed E-state index contributed by atoms with van der Waals surface area (Å²) in [5.41, 5.74) is 1.07. The molecule has 1 aliphatic carbocycles. The number of hydrogen-bond donors (Lipinski definition) is 1. The summed E-state index contributed by atoms with van der Waals surface area (Å²) in [5.74, 6) is 0.254. The van der Waals surface area contributed by atoms with Crippen molar-refractivity contribution in [3.05, 3.63) is 11.6 Å². The van der Waals surface area contributed by atoms with Crippen molar-refractivity contribution in [2.75, 3.05) is 0 Å².